The van der Waals surface area contributed by atoms with Crippen molar-refractivity contribution >= 4 is 23.2 Å². The Morgan fingerprint density at radius 2 is 2.00 bits per heavy atom. The second-order valence-corrected chi connectivity index (χ2v) is 4.41. The Hall–Kier alpha value is -0.280. The Morgan fingerprint density at radius 1 is 1.33 bits per heavy atom. The lowest BCUT2D eigenvalue weighted by atomic mass is 10.1. The maximum absolute atomic E-state index is 9.15. The van der Waals surface area contributed by atoms with Gasteiger partial charge in [-0.25, -0.2) is 0 Å². The van der Waals surface area contributed by atoms with Gasteiger partial charge in [-0.05, 0) is 25.5 Å². The second-order valence-electron chi connectivity index (χ2n) is 3.62. The van der Waals surface area contributed by atoms with E-state index >= 15 is 0 Å². The molecule has 1 rings (SSSR count). The second kappa shape index (κ2) is 5.71. The van der Waals surface area contributed by atoms with E-state index in [4.69, 9.17) is 28.3 Å². The standard InChI is InChI=1S/C11H15Cl2NO/c1-7(15)6-14-8(2)9-4-3-5-10(12)11(9)13/h3-5,7-8,14-15H,6H2,1-2H3/t7-,8?/m1/s1. The van der Waals surface area contributed by atoms with Crippen LogP contribution in [0.5, 0.6) is 0 Å². The zero-order valence-electron chi connectivity index (χ0n) is 8.80. The highest BCUT2D eigenvalue weighted by Crippen LogP contribution is 2.29. The molecular weight excluding hydrogens is 233 g/mol. The zero-order valence-corrected chi connectivity index (χ0v) is 10.3. The fourth-order valence-corrected chi connectivity index (χ4v) is 1.78. The molecule has 0 aliphatic rings. The Balaban J connectivity index is 2.73. The molecule has 0 bridgehead atoms. The summed E-state index contributed by atoms with van der Waals surface area (Å²) in [5.41, 5.74) is 0.949. The van der Waals surface area contributed by atoms with Crippen molar-refractivity contribution in [3.05, 3.63) is 33.8 Å². The Labute approximate surface area is 100 Å². The summed E-state index contributed by atoms with van der Waals surface area (Å²) in [4.78, 5) is 0. The fourth-order valence-electron chi connectivity index (χ4n) is 1.31. The normalized spacial score (nSPS) is 15.0. The van der Waals surface area contributed by atoms with E-state index in [0.717, 1.165) is 5.56 Å². The molecule has 0 aliphatic carbocycles. The van der Waals surface area contributed by atoms with Crippen molar-refractivity contribution in [1.82, 2.24) is 5.32 Å². The monoisotopic (exact) mass is 247 g/mol. The topological polar surface area (TPSA) is 32.3 Å². The maximum Gasteiger partial charge on any atom is 0.0639 e. The lowest BCUT2D eigenvalue weighted by Crippen LogP contribution is -2.27. The predicted molar refractivity (Wildman–Crippen MR) is 64.6 cm³/mol. The van der Waals surface area contributed by atoms with Crippen molar-refractivity contribution in [2.75, 3.05) is 6.54 Å². The highest BCUT2D eigenvalue weighted by molar-refractivity contribution is 6.42. The van der Waals surface area contributed by atoms with Gasteiger partial charge in [0.05, 0.1) is 16.1 Å². The SMILES string of the molecule is CC(NC[C@@H](C)O)c1cccc(Cl)c1Cl. The van der Waals surface area contributed by atoms with Crippen LogP contribution in [0.2, 0.25) is 10.0 Å². The smallest absolute Gasteiger partial charge is 0.0639 e. The average molecular weight is 248 g/mol. The highest BCUT2D eigenvalue weighted by atomic mass is 35.5. The van der Waals surface area contributed by atoms with Gasteiger partial charge in [-0.1, -0.05) is 35.3 Å². The third kappa shape index (κ3) is 3.65. The molecule has 0 spiro atoms. The van der Waals surface area contributed by atoms with Crippen LogP contribution in [0.25, 0.3) is 0 Å². The van der Waals surface area contributed by atoms with Crippen LogP contribution in [0.3, 0.4) is 0 Å². The van der Waals surface area contributed by atoms with Gasteiger partial charge >= 0.3 is 0 Å². The molecule has 15 heavy (non-hydrogen) atoms. The summed E-state index contributed by atoms with van der Waals surface area (Å²) in [7, 11) is 0. The highest BCUT2D eigenvalue weighted by Gasteiger charge is 2.11. The fraction of sp³-hybridized carbons (Fsp3) is 0.455. The zero-order chi connectivity index (χ0) is 11.4. The van der Waals surface area contributed by atoms with Gasteiger partial charge in [-0.3, -0.25) is 0 Å². The summed E-state index contributed by atoms with van der Waals surface area (Å²) in [6.45, 7) is 4.25. The molecule has 1 aromatic rings. The van der Waals surface area contributed by atoms with Crippen molar-refractivity contribution in [3.8, 4) is 0 Å². The van der Waals surface area contributed by atoms with Crippen molar-refractivity contribution in [2.45, 2.75) is 26.0 Å². The van der Waals surface area contributed by atoms with E-state index in [0.29, 0.717) is 16.6 Å². The minimum absolute atomic E-state index is 0.0748. The maximum atomic E-state index is 9.15. The number of hydrogen-bond donors (Lipinski definition) is 2. The molecule has 0 saturated carbocycles. The molecule has 4 heteroatoms. The number of hydrogen-bond acceptors (Lipinski definition) is 2. The molecule has 0 radical (unpaired) electrons. The Kier molecular flexibility index (Phi) is 4.87. The number of aliphatic hydroxyl groups is 1. The summed E-state index contributed by atoms with van der Waals surface area (Å²) in [6.07, 6.45) is -0.370. The molecule has 84 valence electrons. The van der Waals surface area contributed by atoms with Crippen LogP contribution in [0.1, 0.15) is 25.5 Å². The van der Waals surface area contributed by atoms with Crippen LogP contribution in [0, 0.1) is 0 Å². The molecule has 0 fully saturated rings. The van der Waals surface area contributed by atoms with Crippen LogP contribution in [0.4, 0.5) is 0 Å². The van der Waals surface area contributed by atoms with Crippen LogP contribution < -0.4 is 5.32 Å². The molecule has 0 aromatic heterocycles. The molecule has 1 unspecified atom stereocenters. The van der Waals surface area contributed by atoms with E-state index in [1.165, 1.54) is 0 Å². The molecular formula is C11H15Cl2NO. The first-order valence-electron chi connectivity index (χ1n) is 4.87. The predicted octanol–water partition coefficient (Wildman–Crippen LogP) is 3.02. The lowest BCUT2D eigenvalue weighted by molar-refractivity contribution is 0.187. The van der Waals surface area contributed by atoms with Crippen LogP contribution in [-0.2, 0) is 0 Å². The van der Waals surface area contributed by atoms with Gasteiger partial charge in [0, 0.05) is 12.6 Å². The lowest BCUT2D eigenvalue weighted by Gasteiger charge is -2.17. The van der Waals surface area contributed by atoms with E-state index in [-0.39, 0.29) is 12.1 Å². The van der Waals surface area contributed by atoms with Crippen molar-refractivity contribution in [3.63, 3.8) is 0 Å². The van der Waals surface area contributed by atoms with Crippen LogP contribution in [0.15, 0.2) is 18.2 Å². The van der Waals surface area contributed by atoms with Gasteiger partial charge in [0.15, 0.2) is 0 Å². The first kappa shape index (κ1) is 12.8. The van der Waals surface area contributed by atoms with Gasteiger partial charge in [-0.2, -0.15) is 0 Å². The molecule has 0 saturated heterocycles. The van der Waals surface area contributed by atoms with Crippen LogP contribution in [-0.4, -0.2) is 17.8 Å². The van der Waals surface area contributed by atoms with Gasteiger partial charge in [-0.15, -0.1) is 0 Å². The molecule has 2 atom stereocenters. The third-order valence-corrected chi connectivity index (χ3v) is 3.00. The number of halogens is 2. The molecule has 1 aromatic carbocycles. The quantitative estimate of drug-likeness (QED) is 0.858. The summed E-state index contributed by atoms with van der Waals surface area (Å²) < 4.78 is 0. The Morgan fingerprint density at radius 3 is 2.60 bits per heavy atom. The molecule has 2 nitrogen and oxygen atoms in total. The molecule has 0 aliphatic heterocycles. The van der Waals surface area contributed by atoms with Crippen LogP contribution >= 0.6 is 23.2 Å². The number of nitrogens with one attached hydrogen (secondary N) is 1. The summed E-state index contributed by atoms with van der Waals surface area (Å²) in [5.74, 6) is 0. The molecule has 0 amide bonds. The first-order valence-corrected chi connectivity index (χ1v) is 5.63. The van der Waals surface area contributed by atoms with Crippen molar-refractivity contribution in [2.24, 2.45) is 0 Å². The number of rotatable bonds is 4. The minimum atomic E-state index is -0.370. The van der Waals surface area contributed by atoms with E-state index < -0.39 is 0 Å². The van der Waals surface area contributed by atoms with E-state index in [2.05, 4.69) is 5.32 Å². The van der Waals surface area contributed by atoms with E-state index in [9.17, 15) is 0 Å². The third-order valence-electron chi connectivity index (χ3n) is 2.17. The Bertz CT molecular complexity index is 328. The van der Waals surface area contributed by atoms with Gasteiger partial charge < -0.3 is 10.4 Å². The minimum Gasteiger partial charge on any atom is -0.392 e. The van der Waals surface area contributed by atoms with Crippen molar-refractivity contribution < 1.29 is 5.11 Å². The first-order chi connectivity index (χ1) is 7.02. The summed E-state index contributed by atoms with van der Waals surface area (Å²) >= 11 is 12.0. The van der Waals surface area contributed by atoms with Gasteiger partial charge in [0.1, 0.15) is 0 Å². The van der Waals surface area contributed by atoms with Crippen molar-refractivity contribution in [1.29, 1.82) is 0 Å². The molecule has 0 heterocycles. The largest absolute Gasteiger partial charge is 0.392 e. The van der Waals surface area contributed by atoms with Gasteiger partial charge in [0.2, 0.25) is 0 Å². The summed E-state index contributed by atoms with van der Waals surface area (Å²) in [6, 6.07) is 5.62. The van der Waals surface area contributed by atoms with E-state index in [1.807, 2.05) is 19.1 Å². The summed E-state index contributed by atoms with van der Waals surface area (Å²) in [5, 5.41) is 13.5. The average Bonchev–Trinajstić information content (AvgIpc) is 2.18. The molecule has 2 N–H and O–H groups in total. The van der Waals surface area contributed by atoms with Gasteiger partial charge in [0.25, 0.3) is 0 Å². The number of benzene rings is 1. The van der Waals surface area contributed by atoms with E-state index in [1.54, 1.807) is 13.0 Å². The number of aliphatic hydroxyl groups excluding tert-OH is 1.